The zero-order chi connectivity index (χ0) is 12.8. The molecule has 1 atom stereocenters. The van der Waals surface area contributed by atoms with E-state index in [9.17, 15) is 0 Å². The number of anilines is 2. The lowest BCUT2D eigenvalue weighted by atomic mass is 10.0. The summed E-state index contributed by atoms with van der Waals surface area (Å²) in [5, 5.41) is 6.27. The predicted octanol–water partition coefficient (Wildman–Crippen LogP) is 2.80. The van der Waals surface area contributed by atoms with Crippen LogP contribution in [0.5, 0.6) is 0 Å². The summed E-state index contributed by atoms with van der Waals surface area (Å²) in [7, 11) is 1.75. The summed E-state index contributed by atoms with van der Waals surface area (Å²) in [6.45, 7) is 6.54. The first-order valence-corrected chi connectivity index (χ1v) is 6.25. The Balaban J connectivity index is 2.58. The van der Waals surface area contributed by atoms with Gasteiger partial charge < -0.3 is 10.6 Å². The van der Waals surface area contributed by atoms with Crippen molar-refractivity contribution in [2.75, 3.05) is 17.7 Å². The minimum absolute atomic E-state index is 0.197. The van der Waals surface area contributed by atoms with Gasteiger partial charge in [0.15, 0.2) is 0 Å². The summed E-state index contributed by atoms with van der Waals surface area (Å²) in [5.74, 6) is 1.70. The summed E-state index contributed by atoms with van der Waals surface area (Å²) in [5.41, 5.74) is 0. The lowest BCUT2D eigenvalue weighted by Crippen LogP contribution is -2.18. The molecule has 1 heterocycles. The van der Waals surface area contributed by atoms with Gasteiger partial charge in [0, 0.05) is 13.1 Å². The summed E-state index contributed by atoms with van der Waals surface area (Å²) in [4.78, 5) is 12.2. The standard InChI is InChI=1S/C11H20ClN5/c1-7(2)5-6-8(3)14-11-16-9(12)15-10(13-4)17-11/h7-8H,5-6H2,1-4H3,(H2,13,14,15,16,17). The van der Waals surface area contributed by atoms with E-state index in [1.54, 1.807) is 7.05 Å². The number of hydrogen-bond acceptors (Lipinski definition) is 5. The minimum Gasteiger partial charge on any atom is -0.357 e. The second-order valence-corrected chi connectivity index (χ2v) is 4.86. The lowest BCUT2D eigenvalue weighted by Gasteiger charge is -2.15. The van der Waals surface area contributed by atoms with E-state index in [1.165, 1.54) is 6.42 Å². The maximum atomic E-state index is 5.80. The van der Waals surface area contributed by atoms with Crippen LogP contribution in [0.1, 0.15) is 33.6 Å². The number of rotatable bonds is 6. The molecule has 0 aliphatic heterocycles. The van der Waals surface area contributed by atoms with Crippen LogP contribution in [-0.4, -0.2) is 28.0 Å². The van der Waals surface area contributed by atoms with Gasteiger partial charge in [0.25, 0.3) is 0 Å². The third-order valence-electron chi connectivity index (χ3n) is 2.38. The molecule has 0 aliphatic carbocycles. The highest BCUT2D eigenvalue weighted by Gasteiger charge is 2.08. The highest BCUT2D eigenvalue weighted by molar-refractivity contribution is 6.28. The highest BCUT2D eigenvalue weighted by Crippen LogP contribution is 2.13. The first-order chi connectivity index (χ1) is 8.01. The molecule has 6 heteroatoms. The van der Waals surface area contributed by atoms with Crippen LogP contribution < -0.4 is 10.6 Å². The molecule has 0 spiro atoms. The average Bonchev–Trinajstić information content (AvgIpc) is 2.25. The first-order valence-electron chi connectivity index (χ1n) is 5.87. The largest absolute Gasteiger partial charge is 0.357 e. The molecule has 1 aromatic heterocycles. The third-order valence-corrected chi connectivity index (χ3v) is 2.55. The number of nitrogens with one attached hydrogen (secondary N) is 2. The predicted molar refractivity (Wildman–Crippen MR) is 71.5 cm³/mol. The van der Waals surface area contributed by atoms with Gasteiger partial charge in [0.05, 0.1) is 0 Å². The molecule has 1 aromatic rings. The van der Waals surface area contributed by atoms with Crippen molar-refractivity contribution in [3.63, 3.8) is 0 Å². The zero-order valence-electron chi connectivity index (χ0n) is 10.8. The Bertz CT molecular complexity index is 356. The van der Waals surface area contributed by atoms with Crippen LogP contribution in [0.15, 0.2) is 0 Å². The van der Waals surface area contributed by atoms with Crippen LogP contribution in [-0.2, 0) is 0 Å². The van der Waals surface area contributed by atoms with Gasteiger partial charge in [-0.25, -0.2) is 0 Å². The Morgan fingerprint density at radius 1 is 1.06 bits per heavy atom. The first kappa shape index (κ1) is 14.0. The van der Waals surface area contributed by atoms with Crippen LogP contribution in [0, 0.1) is 5.92 Å². The van der Waals surface area contributed by atoms with Crippen LogP contribution in [0.3, 0.4) is 0 Å². The summed E-state index contributed by atoms with van der Waals surface area (Å²) < 4.78 is 0. The summed E-state index contributed by atoms with van der Waals surface area (Å²) >= 11 is 5.80. The molecular formula is C11H20ClN5. The van der Waals surface area contributed by atoms with Crippen molar-refractivity contribution in [3.05, 3.63) is 5.28 Å². The highest BCUT2D eigenvalue weighted by atomic mass is 35.5. The smallest absolute Gasteiger partial charge is 0.229 e. The topological polar surface area (TPSA) is 62.7 Å². The number of hydrogen-bond donors (Lipinski definition) is 2. The molecule has 0 aromatic carbocycles. The van der Waals surface area contributed by atoms with E-state index >= 15 is 0 Å². The van der Waals surface area contributed by atoms with Gasteiger partial charge in [-0.3, -0.25) is 0 Å². The number of aromatic nitrogens is 3. The molecule has 96 valence electrons. The van der Waals surface area contributed by atoms with Crippen molar-refractivity contribution < 1.29 is 0 Å². The molecule has 0 saturated carbocycles. The fourth-order valence-electron chi connectivity index (χ4n) is 1.40. The van der Waals surface area contributed by atoms with Crippen LogP contribution in [0.2, 0.25) is 5.28 Å². The monoisotopic (exact) mass is 257 g/mol. The maximum absolute atomic E-state index is 5.80. The van der Waals surface area contributed by atoms with Crippen molar-refractivity contribution in [2.45, 2.75) is 39.7 Å². The van der Waals surface area contributed by atoms with E-state index in [1.807, 2.05) is 0 Å². The van der Waals surface area contributed by atoms with E-state index in [0.29, 0.717) is 23.9 Å². The van der Waals surface area contributed by atoms with E-state index < -0.39 is 0 Å². The maximum Gasteiger partial charge on any atom is 0.229 e. The Morgan fingerprint density at radius 2 is 1.71 bits per heavy atom. The van der Waals surface area contributed by atoms with Crippen LogP contribution >= 0.6 is 11.6 Å². The normalized spacial score (nSPS) is 12.6. The lowest BCUT2D eigenvalue weighted by molar-refractivity contribution is 0.526. The fourth-order valence-corrected chi connectivity index (χ4v) is 1.56. The van der Waals surface area contributed by atoms with Gasteiger partial charge in [0.2, 0.25) is 17.2 Å². The molecule has 2 N–H and O–H groups in total. The summed E-state index contributed by atoms with van der Waals surface area (Å²) in [6.07, 6.45) is 2.25. The average molecular weight is 258 g/mol. The zero-order valence-corrected chi connectivity index (χ0v) is 11.5. The molecule has 0 amide bonds. The van der Waals surface area contributed by atoms with Crippen LogP contribution in [0.4, 0.5) is 11.9 Å². The molecule has 0 aliphatic rings. The number of nitrogens with zero attached hydrogens (tertiary/aromatic N) is 3. The van der Waals surface area contributed by atoms with E-state index in [-0.39, 0.29) is 5.28 Å². The van der Waals surface area contributed by atoms with Crippen molar-refractivity contribution in [2.24, 2.45) is 5.92 Å². The number of halogens is 1. The van der Waals surface area contributed by atoms with Gasteiger partial charge in [-0.05, 0) is 37.3 Å². The van der Waals surface area contributed by atoms with Gasteiger partial charge in [-0.2, -0.15) is 15.0 Å². The van der Waals surface area contributed by atoms with E-state index in [0.717, 1.165) is 6.42 Å². The molecule has 0 bridgehead atoms. The molecule has 0 radical (unpaired) electrons. The Hall–Kier alpha value is -1.10. The minimum atomic E-state index is 0.197. The van der Waals surface area contributed by atoms with Gasteiger partial charge in [-0.1, -0.05) is 13.8 Å². The van der Waals surface area contributed by atoms with Crippen molar-refractivity contribution in [3.8, 4) is 0 Å². The van der Waals surface area contributed by atoms with Crippen molar-refractivity contribution >= 4 is 23.5 Å². The Morgan fingerprint density at radius 3 is 2.29 bits per heavy atom. The Labute approximate surface area is 107 Å². The van der Waals surface area contributed by atoms with Gasteiger partial charge in [0.1, 0.15) is 0 Å². The quantitative estimate of drug-likeness (QED) is 0.821. The fraction of sp³-hybridized carbons (Fsp3) is 0.727. The molecule has 5 nitrogen and oxygen atoms in total. The molecule has 0 saturated heterocycles. The molecular weight excluding hydrogens is 238 g/mol. The van der Waals surface area contributed by atoms with Crippen molar-refractivity contribution in [1.29, 1.82) is 0 Å². The van der Waals surface area contributed by atoms with E-state index in [2.05, 4.69) is 46.4 Å². The van der Waals surface area contributed by atoms with Gasteiger partial charge in [-0.15, -0.1) is 0 Å². The SMILES string of the molecule is CNc1nc(Cl)nc(NC(C)CCC(C)C)n1. The van der Waals surface area contributed by atoms with Crippen molar-refractivity contribution in [1.82, 2.24) is 15.0 Å². The third kappa shape index (κ3) is 5.17. The molecule has 17 heavy (non-hydrogen) atoms. The summed E-state index contributed by atoms with van der Waals surface area (Å²) in [6, 6.07) is 0.320. The van der Waals surface area contributed by atoms with Crippen LogP contribution in [0.25, 0.3) is 0 Å². The Kier molecular flexibility index (Phi) is 5.41. The second kappa shape index (κ2) is 6.59. The van der Waals surface area contributed by atoms with Gasteiger partial charge >= 0.3 is 0 Å². The molecule has 1 rings (SSSR count). The second-order valence-electron chi connectivity index (χ2n) is 4.52. The molecule has 0 fully saturated rings. The molecule has 1 unspecified atom stereocenters. The van der Waals surface area contributed by atoms with E-state index in [4.69, 9.17) is 11.6 Å².